The highest BCUT2D eigenvalue weighted by atomic mass is 16.6. The van der Waals surface area contributed by atoms with Crippen molar-refractivity contribution in [1.29, 1.82) is 0 Å². The summed E-state index contributed by atoms with van der Waals surface area (Å²) in [6.07, 6.45) is -0.800. The maximum atomic E-state index is 11.7. The standard InChI is InChI=1S/C15H15NO5/c1-9(14(17)19-2)21-13-8-12(15(18)20-3)16-11-7-5-4-6-10(11)13/h4-9H,1-3H3. The summed E-state index contributed by atoms with van der Waals surface area (Å²) in [6.45, 7) is 1.57. The van der Waals surface area contributed by atoms with Crippen molar-refractivity contribution in [2.24, 2.45) is 0 Å². The SMILES string of the molecule is COC(=O)c1cc(OC(C)C(=O)OC)c2ccccc2n1. The zero-order chi connectivity index (χ0) is 15.4. The van der Waals surface area contributed by atoms with E-state index >= 15 is 0 Å². The lowest BCUT2D eigenvalue weighted by atomic mass is 10.2. The van der Waals surface area contributed by atoms with Gasteiger partial charge in [-0.2, -0.15) is 0 Å². The van der Waals surface area contributed by atoms with Gasteiger partial charge in [0.25, 0.3) is 0 Å². The first-order chi connectivity index (χ1) is 10.1. The van der Waals surface area contributed by atoms with Crippen LogP contribution in [0.15, 0.2) is 30.3 Å². The number of aromatic nitrogens is 1. The first-order valence-corrected chi connectivity index (χ1v) is 6.29. The molecule has 0 radical (unpaired) electrons. The second-order valence-corrected chi connectivity index (χ2v) is 4.30. The van der Waals surface area contributed by atoms with Crippen LogP contribution >= 0.6 is 0 Å². The van der Waals surface area contributed by atoms with Gasteiger partial charge in [-0.25, -0.2) is 14.6 Å². The summed E-state index contributed by atoms with van der Waals surface area (Å²) in [5, 5.41) is 0.695. The molecule has 6 heteroatoms. The molecule has 1 atom stereocenters. The molecule has 110 valence electrons. The van der Waals surface area contributed by atoms with Crippen LogP contribution in [0.4, 0.5) is 0 Å². The summed E-state index contributed by atoms with van der Waals surface area (Å²) in [6, 6.07) is 8.61. The summed E-state index contributed by atoms with van der Waals surface area (Å²) >= 11 is 0. The Morgan fingerprint density at radius 2 is 1.86 bits per heavy atom. The zero-order valence-electron chi connectivity index (χ0n) is 12.0. The molecule has 0 amide bonds. The highest BCUT2D eigenvalue weighted by Gasteiger charge is 2.19. The number of para-hydroxylation sites is 1. The van der Waals surface area contributed by atoms with Crippen LogP contribution in [0, 0.1) is 0 Å². The van der Waals surface area contributed by atoms with Crippen molar-refractivity contribution in [2.45, 2.75) is 13.0 Å². The van der Waals surface area contributed by atoms with Crippen LogP contribution in [0.1, 0.15) is 17.4 Å². The van der Waals surface area contributed by atoms with Crippen molar-refractivity contribution in [3.8, 4) is 5.75 Å². The minimum absolute atomic E-state index is 0.114. The number of methoxy groups -OCH3 is 2. The lowest BCUT2D eigenvalue weighted by Gasteiger charge is -2.15. The highest BCUT2D eigenvalue weighted by molar-refractivity contribution is 5.94. The molecule has 0 N–H and O–H groups in total. The number of pyridine rings is 1. The number of rotatable bonds is 4. The van der Waals surface area contributed by atoms with Crippen LogP contribution in [-0.2, 0) is 14.3 Å². The normalized spacial score (nSPS) is 11.8. The number of benzene rings is 1. The number of carbonyl (C=O) groups is 2. The molecule has 0 spiro atoms. The van der Waals surface area contributed by atoms with Crippen molar-refractivity contribution in [2.75, 3.05) is 14.2 Å². The summed E-state index contributed by atoms with van der Waals surface area (Å²) in [7, 11) is 2.56. The fourth-order valence-corrected chi connectivity index (χ4v) is 1.85. The molecule has 21 heavy (non-hydrogen) atoms. The summed E-state index contributed by atoms with van der Waals surface area (Å²) in [5.41, 5.74) is 0.690. The highest BCUT2D eigenvalue weighted by Crippen LogP contribution is 2.26. The molecule has 6 nitrogen and oxygen atoms in total. The number of esters is 2. The Morgan fingerprint density at radius 3 is 2.52 bits per heavy atom. The van der Waals surface area contributed by atoms with E-state index in [0.29, 0.717) is 16.7 Å². The average molecular weight is 289 g/mol. The number of hydrogen-bond donors (Lipinski definition) is 0. The van der Waals surface area contributed by atoms with E-state index < -0.39 is 18.0 Å². The summed E-state index contributed by atoms with van der Waals surface area (Å²) in [4.78, 5) is 27.3. The van der Waals surface area contributed by atoms with E-state index in [4.69, 9.17) is 4.74 Å². The van der Waals surface area contributed by atoms with Gasteiger partial charge in [0.2, 0.25) is 0 Å². The largest absolute Gasteiger partial charge is 0.478 e. The molecule has 0 saturated carbocycles. The predicted molar refractivity (Wildman–Crippen MR) is 75.2 cm³/mol. The van der Waals surface area contributed by atoms with Gasteiger partial charge in [-0.1, -0.05) is 12.1 Å². The smallest absolute Gasteiger partial charge is 0.356 e. The monoisotopic (exact) mass is 289 g/mol. The molecule has 1 aromatic heterocycles. The molecule has 0 aliphatic rings. The molecule has 2 aromatic rings. The minimum Gasteiger partial charge on any atom is -0.478 e. The van der Waals surface area contributed by atoms with Crippen molar-refractivity contribution in [1.82, 2.24) is 4.98 Å². The Morgan fingerprint density at radius 1 is 1.14 bits per heavy atom. The van der Waals surface area contributed by atoms with Gasteiger partial charge in [0.1, 0.15) is 5.75 Å². The topological polar surface area (TPSA) is 74.7 Å². The van der Waals surface area contributed by atoms with Gasteiger partial charge in [0.05, 0.1) is 19.7 Å². The molecular formula is C15H15NO5. The number of nitrogens with zero attached hydrogens (tertiary/aromatic N) is 1. The average Bonchev–Trinajstić information content (AvgIpc) is 2.52. The molecule has 0 fully saturated rings. The van der Waals surface area contributed by atoms with Crippen LogP contribution in [-0.4, -0.2) is 37.2 Å². The molecule has 2 rings (SSSR count). The number of ether oxygens (including phenoxy) is 3. The van der Waals surface area contributed by atoms with E-state index in [1.165, 1.54) is 20.3 Å². The van der Waals surface area contributed by atoms with E-state index in [0.717, 1.165) is 0 Å². The molecule has 1 unspecified atom stereocenters. The number of fused-ring (bicyclic) bond motifs is 1. The Labute approximate surface area is 121 Å². The third kappa shape index (κ3) is 3.10. The number of hydrogen-bond acceptors (Lipinski definition) is 6. The van der Waals surface area contributed by atoms with E-state index in [1.807, 2.05) is 6.07 Å². The molecule has 1 aromatic carbocycles. The fourth-order valence-electron chi connectivity index (χ4n) is 1.85. The lowest BCUT2D eigenvalue weighted by molar-refractivity contribution is -0.147. The van der Waals surface area contributed by atoms with Gasteiger partial charge in [-0.3, -0.25) is 0 Å². The van der Waals surface area contributed by atoms with Crippen LogP contribution in [0.3, 0.4) is 0 Å². The second-order valence-electron chi connectivity index (χ2n) is 4.30. The Balaban J connectivity index is 2.49. The van der Waals surface area contributed by atoms with Crippen molar-refractivity contribution in [3.63, 3.8) is 0 Å². The maximum absolute atomic E-state index is 11.7. The van der Waals surface area contributed by atoms with Gasteiger partial charge < -0.3 is 14.2 Å². The molecular weight excluding hydrogens is 274 g/mol. The Bertz CT molecular complexity index is 683. The van der Waals surface area contributed by atoms with E-state index in [2.05, 4.69) is 14.5 Å². The third-order valence-electron chi connectivity index (χ3n) is 2.91. The molecule has 0 aliphatic heterocycles. The van der Waals surface area contributed by atoms with Crippen LogP contribution in [0.2, 0.25) is 0 Å². The third-order valence-corrected chi connectivity index (χ3v) is 2.91. The van der Waals surface area contributed by atoms with E-state index in [-0.39, 0.29) is 5.69 Å². The quantitative estimate of drug-likeness (QED) is 0.801. The van der Waals surface area contributed by atoms with E-state index in [1.54, 1.807) is 25.1 Å². The van der Waals surface area contributed by atoms with Crippen molar-refractivity contribution in [3.05, 3.63) is 36.0 Å². The first kappa shape index (κ1) is 14.8. The van der Waals surface area contributed by atoms with Crippen molar-refractivity contribution >= 4 is 22.8 Å². The van der Waals surface area contributed by atoms with Gasteiger partial charge in [0.15, 0.2) is 11.8 Å². The van der Waals surface area contributed by atoms with Gasteiger partial charge in [-0.05, 0) is 19.1 Å². The van der Waals surface area contributed by atoms with Gasteiger partial charge in [-0.15, -0.1) is 0 Å². The van der Waals surface area contributed by atoms with Crippen molar-refractivity contribution < 1.29 is 23.8 Å². The zero-order valence-corrected chi connectivity index (χ0v) is 12.0. The fraction of sp³-hybridized carbons (Fsp3) is 0.267. The molecule has 0 aliphatic carbocycles. The first-order valence-electron chi connectivity index (χ1n) is 6.29. The second kappa shape index (κ2) is 6.21. The Kier molecular flexibility index (Phi) is 4.37. The molecule has 0 bridgehead atoms. The molecule has 1 heterocycles. The molecule has 0 saturated heterocycles. The summed E-state index contributed by atoms with van der Waals surface area (Å²) < 4.78 is 14.9. The number of carbonyl (C=O) groups excluding carboxylic acids is 2. The summed E-state index contributed by atoms with van der Waals surface area (Å²) in [5.74, 6) is -0.703. The minimum atomic E-state index is -0.800. The maximum Gasteiger partial charge on any atom is 0.356 e. The predicted octanol–water partition coefficient (Wildman–Crippen LogP) is 1.96. The van der Waals surface area contributed by atoms with Gasteiger partial charge >= 0.3 is 11.9 Å². The van der Waals surface area contributed by atoms with Crippen LogP contribution in [0.5, 0.6) is 5.75 Å². The van der Waals surface area contributed by atoms with Crippen LogP contribution in [0.25, 0.3) is 10.9 Å². The van der Waals surface area contributed by atoms with E-state index in [9.17, 15) is 9.59 Å². The van der Waals surface area contributed by atoms with Gasteiger partial charge in [0, 0.05) is 11.5 Å². The van der Waals surface area contributed by atoms with Crippen LogP contribution < -0.4 is 4.74 Å². The Hall–Kier alpha value is -2.63. The lowest BCUT2D eigenvalue weighted by Crippen LogP contribution is -2.25.